The summed E-state index contributed by atoms with van der Waals surface area (Å²) >= 11 is 0. The van der Waals surface area contributed by atoms with Crippen LogP contribution in [-0.2, 0) is 24.3 Å². The lowest BCUT2D eigenvalue weighted by Crippen LogP contribution is -2.38. The van der Waals surface area contributed by atoms with Crippen molar-refractivity contribution in [2.75, 3.05) is 19.8 Å². The maximum absolute atomic E-state index is 12.7. The lowest BCUT2D eigenvalue weighted by atomic mass is 10.1. The van der Waals surface area contributed by atoms with Gasteiger partial charge in [0.05, 0.1) is 30.2 Å². The van der Waals surface area contributed by atoms with Crippen LogP contribution in [0.1, 0.15) is 37.6 Å². The van der Waals surface area contributed by atoms with Crippen LogP contribution < -0.4 is 10.0 Å². The molecule has 0 bridgehead atoms. The van der Waals surface area contributed by atoms with E-state index in [-0.39, 0.29) is 23.8 Å². The quantitative estimate of drug-likeness (QED) is 0.507. The van der Waals surface area contributed by atoms with E-state index in [4.69, 9.17) is 13.9 Å². The number of furan rings is 1. The largest absolute Gasteiger partial charge is 0.468 e. The molecule has 29 heavy (non-hydrogen) atoms. The van der Waals surface area contributed by atoms with E-state index in [2.05, 4.69) is 10.0 Å². The van der Waals surface area contributed by atoms with Crippen LogP contribution in [0, 0.1) is 6.92 Å². The molecule has 0 aliphatic rings. The monoisotopic (exact) mass is 424 g/mol. The third kappa shape index (κ3) is 7.28. The minimum atomic E-state index is -3.84. The smallest absolute Gasteiger partial charge is 0.241 e. The number of ether oxygens (including phenoxy) is 2. The van der Waals surface area contributed by atoms with Crippen LogP contribution >= 0.6 is 0 Å². The molecule has 0 radical (unpaired) electrons. The number of sulfonamides is 1. The normalized spacial score (nSPS) is 12.8. The molecule has 0 saturated carbocycles. The van der Waals surface area contributed by atoms with E-state index < -0.39 is 22.4 Å². The van der Waals surface area contributed by atoms with Crippen molar-refractivity contribution in [2.45, 2.75) is 44.4 Å². The topological polar surface area (TPSA) is 107 Å². The fourth-order valence-corrected chi connectivity index (χ4v) is 3.86. The van der Waals surface area contributed by atoms with E-state index in [1.54, 1.807) is 24.3 Å². The van der Waals surface area contributed by atoms with E-state index in [0.717, 1.165) is 5.56 Å². The van der Waals surface area contributed by atoms with Gasteiger partial charge in [-0.25, -0.2) is 8.42 Å². The van der Waals surface area contributed by atoms with Crippen molar-refractivity contribution in [1.82, 2.24) is 10.0 Å². The molecule has 0 spiro atoms. The summed E-state index contributed by atoms with van der Waals surface area (Å²) in [5.41, 5.74) is 0.948. The van der Waals surface area contributed by atoms with Gasteiger partial charge in [0.15, 0.2) is 6.29 Å². The number of rotatable bonds is 12. The molecule has 0 unspecified atom stereocenters. The number of hydrogen-bond acceptors (Lipinski definition) is 6. The van der Waals surface area contributed by atoms with Gasteiger partial charge in [-0.3, -0.25) is 4.79 Å². The van der Waals surface area contributed by atoms with Crippen molar-refractivity contribution in [2.24, 2.45) is 0 Å². The molecule has 2 N–H and O–H groups in total. The summed E-state index contributed by atoms with van der Waals surface area (Å²) in [6, 6.07) is 8.88. The maximum Gasteiger partial charge on any atom is 0.241 e. The molecule has 8 nitrogen and oxygen atoms in total. The predicted molar refractivity (Wildman–Crippen MR) is 108 cm³/mol. The molecule has 9 heteroatoms. The first-order valence-electron chi connectivity index (χ1n) is 9.48. The molecule has 0 fully saturated rings. The van der Waals surface area contributed by atoms with Gasteiger partial charge in [-0.05, 0) is 45.0 Å². The Bertz CT molecular complexity index is 844. The van der Waals surface area contributed by atoms with Crippen LogP contribution in [-0.4, -0.2) is 40.4 Å². The Morgan fingerprint density at radius 3 is 2.31 bits per heavy atom. The number of benzene rings is 1. The van der Waals surface area contributed by atoms with Crippen LogP contribution in [0.15, 0.2) is 52.0 Å². The summed E-state index contributed by atoms with van der Waals surface area (Å²) in [7, 11) is -3.84. The van der Waals surface area contributed by atoms with Crippen LogP contribution in [0.4, 0.5) is 0 Å². The van der Waals surface area contributed by atoms with Crippen molar-refractivity contribution in [3.05, 3.63) is 54.0 Å². The van der Waals surface area contributed by atoms with Crippen molar-refractivity contribution < 1.29 is 27.1 Å². The summed E-state index contributed by atoms with van der Waals surface area (Å²) in [5, 5.41) is 2.71. The average molecular weight is 425 g/mol. The summed E-state index contributed by atoms with van der Waals surface area (Å²) in [6.45, 7) is 6.60. The molecule has 1 atom stereocenters. The van der Waals surface area contributed by atoms with Gasteiger partial charge in [0.25, 0.3) is 0 Å². The predicted octanol–water partition coefficient (Wildman–Crippen LogP) is 2.51. The number of amides is 1. The molecule has 2 rings (SSSR count). The van der Waals surface area contributed by atoms with Crippen molar-refractivity contribution in [1.29, 1.82) is 0 Å². The van der Waals surface area contributed by atoms with Crippen LogP contribution in [0.3, 0.4) is 0 Å². The minimum Gasteiger partial charge on any atom is -0.468 e. The van der Waals surface area contributed by atoms with E-state index in [0.29, 0.717) is 19.0 Å². The Hall–Kier alpha value is -2.20. The fourth-order valence-electron chi connectivity index (χ4n) is 2.66. The van der Waals surface area contributed by atoms with Gasteiger partial charge in [-0.1, -0.05) is 17.7 Å². The fraction of sp³-hybridized carbons (Fsp3) is 0.450. The lowest BCUT2D eigenvalue weighted by molar-refractivity contribution is -0.140. The number of hydrogen-bond donors (Lipinski definition) is 2. The van der Waals surface area contributed by atoms with Gasteiger partial charge < -0.3 is 19.2 Å². The van der Waals surface area contributed by atoms with Gasteiger partial charge in [-0.2, -0.15) is 4.72 Å². The molecule has 160 valence electrons. The Morgan fingerprint density at radius 1 is 1.10 bits per heavy atom. The number of aryl methyl sites for hydroxylation is 1. The number of carbonyl (C=O) groups is 1. The number of nitrogens with one attached hydrogen (secondary N) is 2. The second-order valence-electron chi connectivity index (χ2n) is 6.35. The summed E-state index contributed by atoms with van der Waals surface area (Å²) in [5.74, 6) is -0.00980. The van der Waals surface area contributed by atoms with Crippen molar-refractivity contribution in [3.8, 4) is 0 Å². The highest BCUT2D eigenvalue weighted by Crippen LogP contribution is 2.21. The van der Waals surface area contributed by atoms with E-state index >= 15 is 0 Å². The standard InChI is InChI=1S/C20H28N2O6S/c1-4-26-20(27-5-2)14-21-19(23)13-17(18-7-6-12-28-18)22-29(24,25)16-10-8-15(3)9-11-16/h6-12,17,20,22H,4-5,13-14H2,1-3H3,(H,21,23)/t17-/m1/s1. The third-order valence-electron chi connectivity index (χ3n) is 4.08. The number of carbonyl (C=O) groups excluding carboxylic acids is 1. The first kappa shape index (κ1) is 23.1. The molecule has 1 amide bonds. The summed E-state index contributed by atoms with van der Waals surface area (Å²) < 4.78 is 44.2. The van der Waals surface area contributed by atoms with Crippen LogP contribution in [0.25, 0.3) is 0 Å². The molecule has 0 aliphatic carbocycles. The van der Waals surface area contributed by atoms with Crippen molar-refractivity contribution >= 4 is 15.9 Å². The minimum absolute atomic E-state index is 0.118. The van der Waals surface area contributed by atoms with Gasteiger partial charge in [-0.15, -0.1) is 0 Å². The van der Waals surface area contributed by atoms with E-state index in [1.807, 2.05) is 20.8 Å². The summed E-state index contributed by atoms with van der Waals surface area (Å²) in [6.07, 6.45) is 0.741. The van der Waals surface area contributed by atoms with Gasteiger partial charge >= 0.3 is 0 Å². The molecular formula is C20H28N2O6S. The lowest BCUT2D eigenvalue weighted by Gasteiger charge is -2.19. The molecule has 0 saturated heterocycles. The van der Waals surface area contributed by atoms with Gasteiger partial charge in [0, 0.05) is 13.2 Å². The Kier molecular flexibility index (Phi) is 8.84. The highest BCUT2D eigenvalue weighted by molar-refractivity contribution is 7.89. The molecule has 1 heterocycles. The van der Waals surface area contributed by atoms with Gasteiger partial charge in [0.2, 0.25) is 15.9 Å². The maximum atomic E-state index is 12.7. The molecular weight excluding hydrogens is 396 g/mol. The summed E-state index contributed by atoms with van der Waals surface area (Å²) in [4.78, 5) is 12.5. The Morgan fingerprint density at radius 2 is 1.76 bits per heavy atom. The zero-order valence-electron chi connectivity index (χ0n) is 16.9. The molecule has 1 aromatic heterocycles. The first-order chi connectivity index (χ1) is 13.9. The zero-order chi connectivity index (χ0) is 21.3. The van der Waals surface area contributed by atoms with Crippen LogP contribution in [0.2, 0.25) is 0 Å². The second-order valence-corrected chi connectivity index (χ2v) is 8.06. The highest BCUT2D eigenvalue weighted by Gasteiger charge is 2.26. The zero-order valence-corrected chi connectivity index (χ0v) is 17.7. The SMILES string of the molecule is CCOC(CNC(=O)C[C@@H](NS(=O)(=O)c1ccc(C)cc1)c1ccco1)OCC. The van der Waals surface area contributed by atoms with E-state index in [1.165, 1.54) is 18.4 Å². The highest BCUT2D eigenvalue weighted by atomic mass is 32.2. The third-order valence-corrected chi connectivity index (χ3v) is 5.56. The average Bonchev–Trinajstić information content (AvgIpc) is 3.21. The molecule has 0 aliphatic heterocycles. The first-order valence-corrected chi connectivity index (χ1v) is 11.0. The van der Waals surface area contributed by atoms with Gasteiger partial charge in [0.1, 0.15) is 5.76 Å². The van der Waals surface area contributed by atoms with Crippen molar-refractivity contribution in [3.63, 3.8) is 0 Å². The van der Waals surface area contributed by atoms with E-state index in [9.17, 15) is 13.2 Å². The second kappa shape index (κ2) is 11.1. The Balaban J connectivity index is 2.07. The molecule has 2 aromatic rings. The molecule has 1 aromatic carbocycles. The Labute approximate surface area is 171 Å². The van der Waals surface area contributed by atoms with Crippen LogP contribution in [0.5, 0.6) is 0 Å².